The zero-order chi connectivity index (χ0) is 24.5. The number of fused-ring (bicyclic) bond motifs is 1. The lowest BCUT2D eigenvalue weighted by Crippen LogP contribution is -2.42. The zero-order valence-electron chi connectivity index (χ0n) is 18.7. The molecule has 0 bridgehead atoms. The third-order valence-electron chi connectivity index (χ3n) is 5.97. The molecular formula is C24H25N3O6S. The highest BCUT2D eigenvalue weighted by molar-refractivity contribution is 7.92. The number of benzene rings is 2. The van der Waals surface area contributed by atoms with E-state index in [4.69, 9.17) is 0 Å². The van der Waals surface area contributed by atoms with Crippen LogP contribution >= 0.6 is 0 Å². The Hall–Kier alpha value is -3.53. The quantitative estimate of drug-likeness (QED) is 0.673. The number of hydrogen-bond donors (Lipinski definition) is 2. The molecule has 1 heterocycles. The minimum atomic E-state index is -3.41. The maximum Gasteiger partial charge on any atom is 0.255 e. The molecule has 0 radical (unpaired) electrons. The van der Waals surface area contributed by atoms with Gasteiger partial charge in [0.05, 0.1) is 12.3 Å². The molecule has 1 aliphatic carbocycles. The number of anilines is 2. The molecule has 1 saturated carbocycles. The minimum Gasteiger partial charge on any atom is -0.324 e. The van der Waals surface area contributed by atoms with Crippen LogP contribution in [0.3, 0.4) is 0 Å². The van der Waals surface area contributed by atoms with Gasteiger partial charge in [-0.2, -0.15) is 0 Å². The Morgan fingerprint density at radius 3 is 2.38 bits per heavy atom. The number of rotatable bonds is 5. The highest BCUT2D eigenvalue weighted by Gasteiger charge is 2.36. The number of nitrogens with zero attached hydrogens (tertiary/aromatic N) is 1. The van der Waals surface area contributed by atoms with E-state index >= 15 is 0 Å². The summed E-state index contributed by atoms with van der Waals surface area (Å²) in [4.78, 5) is 51.6. The lowest BCUT2D eigenvalue weighted by atomic mass is 9.94. The standard InChI is InChI=1S/C24H25N3O6S/c1-34(32,33)26-17-7-5-15(6-8-17)23(30)25-18-9-11-20-16(13-18)14-27(24(20)31)21-12-10-19(28)3-2-4-22(21)29/h5-9,11,13,21,26H,2-4,10,12,14H2,1H3,(H,25,30). The molecule has 1 atom stereocenters. The van der Waals surface area contributed by atoms with Crippen molar-refractivity contribution in [3.63, 3.8) is 0 Å². The Morgan fingerprint density at radius 2 is 1.68 bits per heavy atom. The Balaban J connectivity index is 1.46. The predicted octanol–water partition coefficient (Wildman–Crippen LogP) is 2.74. The summed E-state index contributed by atoms with van der Waals surface area (Å²) in [5, 5.41) is 2.78. The number of carbonyl (C=O) groups is 4. The summed E-state index contributed by atoms with van der Waals surface area (Å²) < 4.78 is 25.0. The van der Waals surface area contributed by atoms with Crippen LogP contribution in [-0.4, -0.2) is 49.0 Å². The van der Waals surface area contributed by atoms with Crippen LogP contribution in [0.2, 0.25) is 0 Å². The van der Waals surface area contributed by atoms with Gasteiger partial charge in [-0.1, -0.05) is 0 Å². The molecule has 2 aliphatic rings. The Morgan fingerprint density at radius 1 is 0.971 bits per heavy atom. The number of ketones is 2. The van der Waals surface area contributed by atoms with E-state index in [1.54, 1.807) is 18.2 Å². The van der Waals surface area contributed by atoms with Gasteiger partial charge in [0.15, 0.2) is 5.78 Å². The lowest BCUT2D eigenvalue weighted by molar-refractivity contribution is -0.126. The molecule has 1 aliphatic heterocycles. The van der Waals surface area contributed by atoms with E-state index in [1.165, 1.54) is 29.2 Å². The maximum absolute atomic E-state index is 13.0. The molecule has 34 heavy (non-hydrogen) atoms. The van der Waals surface area contributed by atoms with Gasteiger partial charge >= 0.3 is 0 Å². The van der Waals surface area contributed by atoms with Gasteiger partial charge in [-0.25, -0.2) is 8.42 Å². The molecule has 2 aromatic carbocycles. The Labute approximate surface area is 197 Å². The summed E-state index contributed by atoms with van der Waals surface area (Å²) in [7, 11) is -3.41. The monoisotopic (exact) mass is 483 g/mol. The number of sulfonamides is 1. The summed E-state index contributed by atoms with van der Waals surface area (Å²) in [6, 6.07) is 10.3. The van der Waals surface area contributed by atoms with Crippen molar-refractivity contribution in [2.24, 2.45) is 0 Å². The number of amides is 2. The first-order valence-corrected chi connectivity index (χ1v) is 12.9. The van der Waals surface area contributed by atoms with Crippen LogP contribution in [0.5, 0.6) is 0 Å². The van der Waals surface area contributed by atoms with E-state index in [-0.39, 0.29) is 42.8 Å². The number of Topliss-reactive ketones (excluding diaryl/α,β-unsaturated/α-hetero) is 2. The van der Waals surface area contributed by atoms with Crippen molar-refractivity contribution in [3.05, 3.63) is 59.2 Å². The highest BCUT2D eigenvalue weighted by Crippen LogP contribution is 2.30. The van der Waals surface area contributed by atoms with Crippen molar-refractivity contribution in [1.82, 2.24) is 4.90 Å². The van der Waals surface area contributed by atoms with Crippen LogP contribution in [-0.2, 0) is 26.2 Å². The minimum absolute atomic E-state index is 0.0176. The first-order chi connectivity index (χ1) is 16.1. The largest absolute Gasteiger partial charge is 0.324 e. The van der Waals surface area contributed by atoms with Crippen molar-refractivity contribution in [1.29, 1.82) is 0 Å². The van der Waals surface area contributed by atoms with Gasteiger partial charge in [0.25, 0.3) is 11.8 Å². The van der Waals surface area contributed by atoms with E-state index in [0.717, 1.165) is 6.26 Å². The van der Waals surface area contributed by atoms with Gasteiger partial charge in [0.2, 0.25) is 10.0 Å². The second-order valence-corrected chi connectivity index (χ2v) is 10.4. The van der Waals surface area contributed by atoms with Crippen molar-refractivity contribution < 1.29 is 27.6 Å². The van der Waals surface area contributed by atoms with Crippen LogP contribution in [0.4, 0.5) is 11.4 Å². The molecule has 4 rings (SSSR count). The second-order valence-electron chi connectivity index (χ2n) is 8.62. The van der Waals surface area contributed by atoms with Crippen molar-refractivity contribution >= 4 is 44.8 Å². The molecule has 9 nitrogen and oxygen atoms in total. The van der Waals surface area contributed by atoms with E-state index in [2.05, 4.69) is 10.0 Å². The summed E-state index contributed by atoms with van der Waals surface area (Å²) in [5.74, 6) is -0.531. The first-order valence-electron chi connectivity index (χ1n) is 11.0. The number of hydrogen-bond acceptors (Lipinski definition) is 6. The van der Waals surface area contributed by atoms with E-state index < -0.39 is 16.1 Å². The smallest absolute Gasteiger partial charge is 0.255 e. The fraction of sp³-hybridized carbons (Fsp3) is 0.333. The molecule has 1 unspecified atom stereocenters. The molecule has 178 valence electrons. The molecule has 10 heteroatoms. The fourth-order valence-electron chi connectivity index (χ4n) is 4.32. The van der Waals surface area contributed by atoms with Crippen LogP contribution in [0.25, 0.3) is 0 Å². The van der Waals surface area contributed by atoms with Crippen molar-refractivity contribution in [3.8, 4) is 0 Å². The fourth-order valence-corrected chi connectivity index (χ4v) is 4.88. The van der Waals surface area contributed by atoms with Crippen LogP contribution in [0, 0.1) is 0 Å². The molecule has 0 spiro atoms. The maximum atomic E-state index is 13.0. The number of carbonyl (C=O) groups excluding carboxylic acids is 4. The molecule has 0 saturated heterocycles. The van der Waals surface area contributed by atoms with Crippen LogP contribution < -0.4 is 10.0 Å². The van der Waals surface area contributed by atoms with E-state index in [0.29, 0.717) is 47.3 Å². The molecule has 2 N–H and O–H groups in total. The number of nitrogens with one attached hydrogen (secondary N) is 2. The SMILES string of the molecule is CS(=O)(=O)Nc1ccc(C(=O)Nc2ccc3c(c2)CN(C2CCC(=O)CCCC2=O)C3=O)cc1. The van der Waals surface area contributed by atoms with E-state index in [1.807, 2.05) is 0 Å². The second kappa shape index (κ2) is 9.38. The first kappa shape index (κ1) is 23.6. The zero-order valence-corrected chi connectivity index (χ0v) is 19.5. The Kier molecular flexibility index (Phi) is 6.52. The predicted molar refractivity (Wildman–Crippen MR) is 126 cm³/mol. The third kappa shape index (κ3) is 5.33. The normalized spacial score (nSPS) is 18.8. The Bertz CT molecular complexity index is 1270. The van der Waals surface area contributed by atoms with Gasteiger partial charge in [0, 0.05) is 48.3 Å². The van der Waals surface area contributed by atoms with Gasteiger partial charge in [-0.05, 0) is 60.9 Å². The topological polar surface area (TPSA) is 130 Å². The van der Waals surface area contributed by atoms with Gasteiger partial charge in [0.1, 0.15) is 5.78 Å². The molecule has 2 amide bonds. The van der Waals surface area contributed by atoms with Crippen molar-refractivity contribution in [2.75, 3.05) is 16.3 Å². The molecule has 2 aromatic rings. The molecule has 0 aromatic heterocycles. The average molecular weight is 484 g/mol. The van der Waals surface area contributed by atoms with Crippen LogP contribution in [0.1, 0.15) is 58.4 Å². The van der Waals surface area contributed by atoms with Gasteiger partial charge < -0.3 is 10.2 Å². The lowest BCUT2D eigenvalue weighted by Gasteiger charge is -2.27. The summed E-state index contributed by atoms with van der Waals surface area (Å²) in [6.07, 6.45) is 2.88. The third-order valence-corrected chi connectivity index (χ3v) is 6.58. The van der Waals surface area contributed by atoms with E-state index in [9.17, 15) is 27.6 Å². The van der Waals surface area contributed by atoms with Crippen LogP contribution in [0.15, 0.2) is 42.5 Å². The van der Waals surface area contributed by atoms with Gasteiger partial charge in [-0.15, -0.1) is 0 Å². The summed E-state index contributed by atoms with van der Waals surface area (Å²) in [5.41, 5.74) is 2.37. The summed E-state index contributed by atoms with van der Waals surface area (Å²) in [6.45, 7) is 0.244. The molecule has 1 fully saturated rings. The molecular weight excluding hydrogens is 458 g/mol. The highest BCUT2D eigenvalue weighted by atomic mass is 32.2. The average Bonchev–Trinajstić information content (AvgIpc) is 3.07. The van der Waals surface area contributed by atoms with Crippen molar-refractivity contribution in [2.45, 2.75) is 44.7 Å². The summed E-state index contributed by atoms with van der Waals surface area (Å²) >= 11 is 0. The van der Waals surface area contributed by atoms with Gasteiger partial charge in [-0.3, -0.25) is 23.9 Å².